The topological polar surface area (TPSA) is 13.1 Å². The standard InChI is InChI=1S/C6H5BrF2O/c7-3-4-1-2-5(10-4)6(8)9/h1-2,6H,3H2. The van der Waals surface area contributed by atoms with Gasteiger partial charge in [-0.1, -0.05) is 15.9 Å². The zero-order valence-corrected chi connectivity index (χ0v) is 6.57. The third kappa shape index (κ3) is 1.56. The molecule has 4 heteroatoms. The van der Waals surface area contributed by atoms with Crippen molar-refractivity contribution < 1.29 is 13.2 Å². The first kappa shape index (κ1) is 7.72. The second-order valence-corrected chi connectivity index (χ2v) is 2.30. The summed E-state index contributed by atoms with van der Waals surface area (Å²) in [5, 5.41) is 0.472. The third-order valence-electron chi connectivity index (χ3n) is 1.03. The number of alkyl halides is 3. The fourth-order valence-electron chi connectivity index (χ4n) is 0.584. The molecule has 0 atom stereocenters. The average Bonchev–Trinajstić information content (AvgIpc) is 2.34. The van der Waals surface area contributed by atoms with Gasteiger partial charge in [0.05, 0.1) is 5.33 Å². The maximum atomic E-state index is 11.8. The lowest BCUT2D eigenvalue weighted by atomic mass is 10.4. The van der Waals surface area contributed by atoms with Gasteiger partial charge < -0.3 is 4.42 Å². The van der Waals surface area contributed by atoms with Gasteiger partial charge in [-0.3, -0.25) is 0 Å². The summed E-state index contributed by atoms with van der Waals surface area (Å²) in [5.74, 6) is 0.254. The maximum Gasteiger partial charge on any atom is 0.295 e. The minimum atomic E-state index is -2.51. The molecule has 56 valence electrons. The van der Waals surface area contributed by atoms with E-state index in [4.69, 9.17) is 4.42 Å². The van der Waals surface area contributed by atoms with Crippen LogP contribution < -0.4 is 0 Å². The van der Waals surface area contributed by atoms with E-state index in [0.717, 1.165) is 0 Å². The van der Waals surface area contributed by atoms with Crippen LogP contribution in [0.15, 0.2) is 16.5 Å². The summed E-state index contributed by atoms with van der Waals surface area (Å²) in [6, 6.07) is 2.80. The lowest BCUT2D eigenvalue weighted by Crippen LogP contribution is -1.76. The van der Waals surface area contributed by atoms with Crippen LogP contribution in [0.2, 0.25) is 0 Å². The molecule has 0 spiro atoms. The summed E-state index contributed by atoms with van der Waals surface area (Å²) >= 11 is 3.08. The lowest BCUT2D eigenvalue weighted by molar-refractivity contribution is 0.120. The van der Waals surface area contributed by atoms with E-state index in [2.05, 4.69) is 15.9 Å². The Labute approximate surface area is 65.2 Å². The Morgan fingerprint density at radius 3 is 2.50 bits per heavy atom. The van der Waals surface area contributed by atoms with Gasteiger partial charge in [0, 0.05) is 0 Å². The molecular weight excluding hydrogens is 206 g/mol. The van der Waals surface area contributed by atoms with Gasteiger partial charge in [-0.15, -0.1) is 0 Å². The van der Waals surface area contributed by atoms with Crippen LogP contribution in [-0.2, 0) is 5.33 Å². The van der Waals surface area contributed by atoms with Gasteiger partial charge in [0.1, 0.15) is 5.76 Å². The zero-order chi connectivity index (χ0) is 7.56. The maximum absolute atomic E-state index is 11.8. The molecule has 10 heavy (non-hydrogen) atoms. The van der Waals surface area contributed by atoms with Crippen LogP contribution in [0, 0.1) is 0 Å². The first-order chi connectivity index (χ1) is 4.74. The summed E-state index contributed by atoms with van der Waals surface area (Å²) in [5.41, 5.74) is 0. The van der Waals surface area contributed by atoms with Crippen molar-refractivity contribution in [2.24, 2.45) is 0 Å². The van der Waals surface area contributed by atoms with Crippen molar-refractivity contribution in [1.29, 1.82) is 0 Å². The second-order valence-electron chi connectivity index (χ2n) is 1.74. The molecule has 1 aromatic rings. The van der Waals surface area contributed by atoms with Crippen LogP contribution >= 0.6 is 15.9 Å². The third-order valence-corrected chi connectivity index (χ3v) is 1.58. The van der Waals surface area contributed by atoms with Crippen LogP contribution in [0.1, 0.15) is 17.9 Å². The van der Waals surface area contributed by atoms with E-state index in [1.54, 1.807) is 0 Å². The monoisotopic (exact) mass is 210 g/mol. The smallest absolute Gasteiger partial charge is 0.295 e. The predicted molar refractivity (Wildman–Crippen MR) is 36.3 cm³/mol. The Balaban J connectivity index is 2.78. The predicted octanol–water partition coefficient (Wildman–Crippen LogP) is 3.11. The molecule has 0 saturated carbocycles. The quantitative estimate of drug-likeness (QED) is 0.685. The molecule has 0 aliphatic carbocycles. The molecule has 0 fully saturated rings. The average molecular weight is 211 g/mol. The van der Waals surface area contributed by atoms with Crippen molar-refractivity contribution in [3.8, 4) is 0 Å². The summed E-state index contributed by atoms with van der Waals surface area (Å²) < 4.78 is 28.3. The summed E-state index contributed by atoms with van der Waals surface area (Å²) in [7, 11) is 0. The van der Waals surface area contributed by atoms with Crippen molar-refractivity contribution in [2.45, 2.75) is 11.8 Å². The summed E-state index contributed by atoms with van der Waals surface area (Å²) in [4.78, 5) is 0. The van der Waals surface area contributed by atoms with Gasteiger partial charge in [0.2, 0.25) is 0 Å². The summed E-state index contributed by atoms with van der Waals surface area (Å²) in [6.07, 6.45) is -2.51. The van der Waals surface area contributed by atoms with E-state index < -0.39 is 6.43 Å². The molecular formula is C6H5BrF2O. The van der Waals surface area contributed by atoms with Crippen LogP contribution in [0.4, 0.5) is 8.78 Å². The molecule has 1 heterocycles. The second kappa shape index (κ2) is 3.14. The highest BCUT2D eigenvalue weighted by Crippen LogP contribution is 2.21. The first-order valence-corrected chi connectivity index (χ1v) is 3.79. The van der Waals surface area contributed by atoms with Crippen molar-refractivity contribution in [3.05, 3.63) is 23.7 Å². The molecule has 1 aromatic heterocycles. The molecule has 0 amide bonds. The number of hydrogen-bond acceptors (Lipinski definition) is 1. The molecule has 0 aliphatic rings. The summed E-state index contributed by atoms with van der Waals surface area (Å²) in [6.45, 7) is 0. The van der Waals surface area contributed by atoms with E-state index in [-0.39, 0.29) is 5.76 Å². The van der Waals surface area contributed by atoms with Crippen molar-refractivity contribution in [1.82, 2.24) is 0 Å². The van der Waals surface area contributed by atoms with Gasteiger partial charge in [-0.05, 0) is 12.1 Å². The van der Waals surface area contributed by atoms with E-state index in [1.807, 2.05) is 0 Å². The van der Waals surface area contributed by atoms with E-state index >= 15 is 0 Å². The molecule has 1 nitrogen and oxygen atoms in total. The molecule has 0 aliphatic heterocycles. The Hall–Kier alpha value is -0.380. The normalized spacial score (nSPS) is 10.8. The molecule has 0 saturated heterocycles. The number of furan rings is 1. The van der Waals surface area contributed by atoms with Crippen LogP contribution in [0.25, 0.3) is 0 Å². The Kier molecular flexibility index (Phi) is 2.43. The van der Waals surface area contributed by atoms with E-state index in [1.165, 1.54) is 12.1 Å². The highest BCUT2D eigenvalue weighted by Gasteiger charge is 2.10. The largest absolute Gasteiger partial charge is 0.459 e. The van der Waals surface area contributed by atoms with Gasteiger partial charge in [0.15, 0.2) is 5.76 Å². The molecule has 0 unspecified atom stereocenters. The Bertz CT molecular complexity index is 209. The molecule has 0 bridgehead atoms. The Morgan fingerprint density at radius 1 is 1.50 bits per heavy atom. The molecule has 1 rings (SSSR count). The SMILES string of the molecule is FC(F)c1ccc(CBr)o1. The van der Waals surface area contributed by atoms with Gasteiger partial charge in [-0.25, -0.2) is 8.78 Å². The minimum absolute atomic E-state index is 0.269. The van der Waals surface area contributed by atoms with Gasteiger partial charge in [0.25, 0.3) is 6.43 Å². The molecule has 0 N–H and O–H groups in total. The van der Waals surface area contributed by atoms with E-state index in [0.29, 0.717) is 11.1 Å². The fourth-order valence-corrected chi connectivity index (χ4v) is 0.885. The van der Waals surface area contributed by atoms with Crippen molar-refractivity contribution in [2.75, 3.05) is 0 Å². The lowest BCUT2D eigenvalue weighted by Gasteiger charge is -1.90. The number of halogens is 3. The highest BCUT2D eigenvalue weighted by molar-refractivity contribution is 9.08. The highest BCUT2D eigenvalue weighted by atomic mass is 79.9. The zero-order valence-electron chi connectivity index (χ0n) is 4.98. The van der Waals surface area contributed by atoms with Gasteiger partial charge >= 0.3 is 0 Å². The van der Waals surface area contributed by atoms with Crippen LogP contribution in [0.3, 0.4) is 0 Å². The molecule has 0 aromatic carbocycles. The van der Waals surface area contributed by atoms with Crippen LogP contribution in [0.5, 0.6) is 0 Å². The van der Waals surface area contributed by atoms with Crippen LogP contribution in [-0.4, -0.2) is 0 Å². The minimum Gasteiger partial charge on any atom is -0.459 e. The Morgan fingerprint density at radius 2 is 2.20 bits per heavy atom. The number of hydrogen-bond donors (Lipinski definition) is 0. The number of rotatable bonds is 2. The van der Waals surface area contributed by atoms with E-state index in [9.17, 15) is 8.78 Å². The fraction of sp³-hybridized carbons (Fsp3) is 0.333. The first-order valence-electron chi connectivity index (χ1n) is 2.66. The van der Waals surface area contributed by atoms with Crippen molar-refractivity contribution >= 4 is 15.9 Å². The van der Waals surface area contributed by atoms with Gasteiger partial charge in [-0.2, -0.15) is 0 Å². The molecule has 0 radical (unpaired) electrons. The van der Waals surface area contributed by atoms with Crippen molar-refractivity contribution in [3.63, 3.8) is 0 Å².